The first-order chi connectivity index (χ1) is 10.2. The maximum atomic E-state index is 9.87. The minimum Gasteiger partial charge on any atom is -0.508 e. The van der Waals surface area contributed by atoms with Gasteiger partial charge in [0.05, 0.1) is 0 Å². The van der Waals surface area contributed by atoms with Gasteiger partial charge >= 0.3 is 0 Å². The highest BCUT2D eigenvalue weighted by atomic mass is 32.1. The zero-order valence-electron chi connectivity index (χ0n) is 11.7. The van der Waals surface area contributed by atoms with Gasteiger partial charge in [-0.25, -0.2) is 0 Å². The highest BCUT2D eigenvalue weighted by molar-refractivity contribution is 7.75. The van der Waals surface area contributed by atoms with E-state index in [-0.39, 0.29) is 5.75 Å². The van der Waals surface area contributed by atoms with E-state index in [2.05, 4.69) is 32.1 Å². The van der Waals surface area contributed by atoms with Gasteiger partial charge in [0, 0.05) is 18.5 Å². The number of thiol groups is 1. The quantitative estimate of drug-likeness (QED) is 0.458. The van der Waals surface area contributed by atoms with Gasteiger partial charge < -0.3 is 9.29 Å². The first kappa shape index (κ1) is 15.3. The number of phenols is 1. The topological polar surface area (TPSA) is 29.5 Å². The summed E-state index contributed by atoms with van der Waals surface area (Å²) < 4.78 is 5.15. The molecule has 0 aliphatic carbocycles. The van der Waals surface area contributed by atoms with Crippen molar-refractivity contribution in [1.82, 2.24) is 0 Å². The van der Waals surface area contributed by atoms with E-state index in [1.54, 1.807) is 12.1 Å². The van der Waals surface area contributed by atoms with Gasteiger partial charge in [-0.3, -0.25) is 0 Å². The van der Waals surface area contributed by atoms with Crippen molar-refractivity contribution in [3.63, 3.8) is 0 Å². The molecule has 2 aromatic rings. The molecule has 2 nitrogen and oxygen atoms in total. The molecule has 0 saturated heterocycles. The van der Waals surface area contributed by atoms with Crippen LogP contribution in [0.4, 0.5) is 0 Å². The Morgan fingerprint density at radius 2 is 1.81 bits per heavy atom. The lowest BCUT2D eigenvalue weighted by Crippen LogP contribution is -1.90. The Bertz CT molecular complexity index is 662. The average molecular weight is 298 g/mol. The van der Waals surface area contributed by atoms with Gasteiger partial charge in [-0.05, 0) is 53.8 Å². The lowest BCUT2D eigenvalue weighted by molar-refractivity contribution is 0.470. The summed E-state index contributed by atoms with van der Waals surface area (Å²) >= 11 is 3.92. The van der Waals surface area contributed by atoms with E-state index < -0.39 is 0 Å². The van der Waals surface area contributed by atoms with Crippen molar-refractivity contribution in [3.8, 4) is 22.6 Å². The third-order valence-corrected chi connectivity index (χ3v) is 3.47. The largest absolute Gasteiger partial charge is 0.508 e. The Balaban J connectivity index is 2.53. The van der Waals surface area contributed by atoms with Crippen molar-refractivity contribution in [2.24, 2.45) is 0 Å². The van der Waals surface area contributed by atoms with E-state index in [1.807, 2.05) is 30.3 Å². The van der Waals surface area contributed by atoms with Crippen LogP contribution in [0, 0.1) is 0 Å². The van der Waals surface area contributed by atoms with E-state index in [0.717, 1.165) is 28.7 Å². The molecule has 0 radical (unpaired) electrons. The molecule has 0 aliphatic heterocycles. The van der Waals surface area contributed by atoms with Crippen molar-refractivity contribution in [2.45, 2.75) is 12.8 Å². The van der Waals surface area contributed by atoms with Crippen LogP contribution in [0.2, 0.25) is 0 Å². The van der Waals surface area contributed by atoms with Crippen molar-refractivity contribution >= 4 is 12.9 Å². The van der Waals surface area contributed by atoms with Gasteiger partial charge in [-0.1, -0.05) is 24.3 Å². The van der Waals surface area contributed by atoms with E-state index >= 15 is 0 Å². The standard InChI is InChI=1S/C18H18O2S/c1-3-5-13-7-10-18(20-21)16(11-13)14-8-9-17(19)15(12-14)6-4-2/h3-4,7-12,19,21H,1-2,5-6H2. The van der Waals surface area contributed by atoms with Gasteiger partial charge in [0.2, 0.25) is 0 Å². The average Bonchev–Trinajstić information content (AvgIpc) is 2.50. The molecule has 108 valence electrons. The molecule has 0 aromatic heterocycles. The molecule has 0 saturated carbocycles. The van der Waals surface area contributed by atoms with E-state index in [9.17, 15) is 5.11 Å². The molecule has 1 N–H and O–H groups in total. The van der Waals surface area contributed by atoms with Gasteiger partial charge in [0.25, 0.3) is 0 Å². The van der Waals surface area contributed by atoms with Crippen LogP contribution in [-0.2, 0) is 12.8 Å². The molecular weight excluding hydrogens is 280 g/mol. The number of hydrogen-bond donors (Lipinski definition) is 2. The summed E-state index contributed by atoms with van der Waals surface area (Å²) in [5.74, 6) is 0.954. The summed E-state index contributed by atoms with van der Waals surface area (Å²) in [5.41, 5.74) is 3.89. The zero-order valence-corrected chi connectivity index (χ0v) is 12.6. The molecule has 21 heavy (non-hydrogen) atoms. The maximum absolute atomic E-state index is 9.87. The summed E-state index contributed by atoms with van der Waals surface area (Å²) in [6.45, 7) is 7.47. The molecule has 0 fully saturated rings. The minimum absolute atomic E-state index is 0.272. The smallest absolute Gasteiger partial charge is 0.144 e. The van der Waals surface area contributed by atoms with Crippen LogP contribution < -0.4 is 4.18 Å². The van der Waals surface area contributed by atoms with Crippen LogP contribution in [-0.4, -0.2) is 5.11 Å². The predicted molar refractivity (Wildman–Crippen MR) is 91.0 cm³/mol. The molecule has 0 amide bonds. The van der Waals surface area contributed by atoms with Crippen LogP contribution in [0.1, 0.15) is 11.1 Å². The third-order valence-electron chi connectivity index (χ3n) is 3.28. The van der Waals surface area contributed by atoms with Gasteiger partial charge in [-0.2, -0.15) is 0 Å². The number of aromatic hydroxyl groups is 1. The Morgan fingerprint density at radius 3 is 2.48 bits per heavy atom. The molecule has 0 atom stereocenters. The third kappa shape index (κ3) is 3.50. The Kier molecular flexibility index (Phi) is 5.12. The number of rotatable bonds is 6. The van der Waals surface area contributed by atoms with Gasteiger partial charge in [-0.15, -0.1) is 13.2 Å². The van der Waals surface area contributed by atoms with E-state index in [1.165, 1.54) is 0 Å². The monoisotopic (exact) mass is 298 g/mol. The fourth-order valence-electron chi connectivity index (χ4n) is 2.25. The van der Waals surface area contributed by atoms with Crippen LogP contribution in [0.25, 0.3) is 11.1 Å². The second-order valence-electron chi connectivity index (χ2n) is 4.75. The van der Waals surface area contributed by atoms with E-state index in [4.69, 9.17) is 4.18 Å². The molecule has 0 heterocycles. The number of allylic oxidation sites excluding steroid dienone is 2. The second-order valence-corrected chi connectivity index (χ2v) is 4.93. The first-order valence-electron chi connectivity index (χ1n) is 6.68. The summed E-state index contributed by atoms with van der Waals surface area (Å²) in [6.07, 6.45) is 5.03. The van der Waals surface area contributed by atoms with Crippen LogP contribution >= 0.6 is 12.9 Å². The van der Waals surface area contributed by atoms with E-state index in [0.29, 0.717) is 12.2 Å². The Labute approximate surface area is 131 Å². The highest BCUT2D eigenvalue weighted by Crippen LogP contribution is 2.34. The van der Waals surface area contributed by atoms with Crippen LogP contribution in [0.15, 0.2) is 61.7 Å². The molecule has 0 unspecified atom stereocenters. The molecular formula is C18H18O2S. The highest BCUT2D eigenvalue weighted by Gasteiger charge is 2.10. The Morgan fingerprint density at radius 1 is 1.05 bits per heavy atom. The fourth-order valence-corrected chi connectivity index (χ4v) is 2.41. The zero-order chi connectivity index (χ0) is 15.2. The molecule has 2 rings (SSSR count). The van der Waals surface area contributed by atoms with Crippen molar-refractivity contribution in [3.05, 3.63) is 72.8 Å². The number of hydrogen-bond acceptors (Lipinski definition) is 3. The van der Waals surface area contributed by atoms with Gasteiger partial charge in [0.15, 0.2) is 0 Å². The molecule has 0 spiro atoms. The number of benzene rings is 2. The van der Waals surface area contributed by atoms with Gasteiger partial charge in [0.1, 0.15) is 11.5 Å². The SMILES string of the molecule is C=CCc1ccc(OS)c(-c2ccc(O)c(CC=C)c2)c1. The maximum Gasteiger partial charge on any atom is 0.144 e. The normalized spacial score (nSPS) is 10.1. The second kappa shape index (κ2) is 7.04. The van der Waals surface area contributed by atoms with Crippen molar-refractivity contribution < 1.29 is 9.29 Å². The summed E-state index contributed by atoms with van der Waals surface area (Å²) in [7, 11) is 0. The lowest BCUT2D eigenvalue weighted by atomic mass is 9.97. The fraction of sp³-hybridized carbons (Fsp3) is 0.111. The van der Waals surface area contributed by atoms with Crippen LogP contribution in [0.3, 0.4) is 0 Å². The van der Waals surface area contributed by atoms with Crippen LogP contribution in [0.5, 0.6) is 11.5 Å². The summed E-state index contributed by atoms with van der Waals surface area (Å²) in [4.78, 5) is 0. The predicted octanol–water partition coefficient (Wildman–Crippen LogP) is 4.74. The minimum atomic E-state index is 0.272. The summed E-state index contributed by atoms with van der Waals surface area (Å²) in [5, 5.41) is 9.87. The summed E-state index contributed by atoms with van der Waals surface area (Å²) in [6, 6.07) is 11.4. The van der Waals surface area contributed by atoms with Crippen molar-refractivity contribution in [2.75, 3.05) is 0 Å². The molecule has 2 aromatic carbocycles. The first-order valence-corrected chi connectivity index (χ1v) is 7.04. The van der Waals surface area contributed by atoms with Crippen molar-refractivity contribution in [1.29, 1.82) is 0 Å². The lowest BCUT2D eigenvalue weighted by Gasteiger charge is -2.11. The molecule has 3 heteroatoms. The molecule has 0 bridgehead atoms. The Hall–Kier alpha value is -2.13. The number of phenolic OH excluding ortho intramolecular Hbond substituents is 1. The molecule has 0 aliphatic rings.